The van der Waals surface area contributed by atoms with E-state index in [1.165, 1.54) is 51.4 Å². The molecule has 8 heteroatoms. The normalized spacial score (nSPS) is 19.5. The van der Waals surface area contributed by atoms with Crippen molar-refractivity contribution in [2.24, 2.45) is 0 Å². The fraction of sp³-hybridized carbons (Fsp3) is 0.914. The van der Waals surface area contributed by atoms with Crippen molar-refractivity contribution in [1.29, 1.82) is 0 Å². The summed E-state index contributed by atoms with van der Waals surface area (Å²) in [5.74, 6) is -0.333. The molecule has 1 aliphatic heterocycles. The first-order valence-electron chi connectivity index (χ1n) is 17.6. The van der Waals surface area contributed by atoms with Crippen LogP contribution in [0.15, 0.2) is 11.6 Å². The van der Waals surface area contributed by atoms with Crippen LogP contribution in [-0.4, -0.2) is 79.3 Å². The van der Waals surface area contributed by atoms with Crippen LogP contribution in [0.2, 0.25) is 0 Å². The van der Waals surface area contributed by atoms with Gasteiger partial charge in [-0.05, 0) is 57.9 Å². The van der Waals surface area contributed by atoms with Gasteiger partial charge in [-0.3, -0.25) is 0 Å². The molecule has 0 amide bonds. The summed E-state index contributed by atoms with van der Waals surface area (Å²) in [6.45, 7) is 4.03. The summed E-state index contributed by atoms with van der Waals surface area (Å²) in [4.78, 5) is 11.6. The van der Waals surface area contributed by atoms with Crippen LogP contribution in [0.3, 0.4) is 0 Å². The van der Waals surface area contributed by atoms with Crippen molar-refractivity contribution >= 4 is 5.97 Å². The van der Waals surface area contributed by atoms with Crippen LogP contribution in [0.25, 0.3) is 0 Å². The number of hydrogen-bond donors (Lipinski definition) is 6. The van der Waals surface area contributed by atoms with Crippen molar-refractivity contribution < 1.29 is 40.2 Å². The number of ether oxygens (including phenoxy) is 1. The van der Waals surface area contributed by atoms with Crippen molar-refractivity contribution in [2.45, 2.75) is 204 Å². The standard InChI is InChI=1S/C35H66O8/c1-3-4-5-6-7-8-9-10-11-15-21-31(38)33(40)23-24-34(41)32(39)22-17-16-19-29(36)18-13-12-14-20-30(37)26-28-25-27(2)43-35(28)42/h25,27,29-34,36-41H,3-24,26H2,1-2H3/t27-,29-,30-,31+,32+,33-,34+/m0/s1. The molecule has 0 radical (unpaired) electrons. The second-order valence-corrected chi connectivity index (χ2v) is 13.1. The minimum atomic E-state index is -0.932. The highest BCUT2D eigenvalue weighted by atomic mass is 16.5. The second-order valence-electron chi connectivity index (χ2n) is 13.1. The van der Waals surface area contributed by atoms with Gasteiger partial charge < -0.3 is 35.4 Å². The maximum atomic E-state index is 11.6. The van der Waals surface area contributed by atoms with Crippen LogP contribution < -0.4 is 0 Å². The number of carbonyl (C=O) groups excluding carboxylic acids is 1. The lowest BCUT2D eigenvalue weighted by atomic mass is 9.96. The number of carbonyl (C=O) groups is 1. The predicted octanol–water partition coefficient (Wildman–Crippen LogP) is 6.02. The van der Waals surface area contributed by atoms with E-state index in [1.54, 1.807) is 13.0 Å². The average Bonchev–Trinajstić information content (AvgIpc) is 3.29. The van der Waals surface area contributed by atoms with Gasteiger partial charge in [-0.1, -0.05) is 103 Å². The van der Waals surface area contributed by atoms with Crippen molar-refractivity contribution in [3.8, 4) is 0 Å². The number of rotatable bonds is 29. The van der Waals surface area contributed by atoms with Gasteiger partial charge in [-0.15, -0.1) is 0 Å². The number of cyclic esters (lactones) is 1. The smallest absolute Gasteiger partial charge is 0.334 e. The van der Waals surface area contributed by atoms with Gasteiger partial charge in [-0.25, -0.2) is 4.79 Å². The summed E-state index contributed by atoms with van der Waals surface area (Å²) >= 11 is 0. The van der Waals surface area contributed by atoms with E-state index in [4.69, 9.17) is 4.74 Å². The van der Waals surface area contributed by atoms with Crippen molar-refractivity contribution in [1.82, 2.24) is 0 Å². The molecule has 43 heavy (non-hydrogen) atoms. The van der Waals surface area contributed by atoms with Crippen LogP contribution >= 0.6 is 0 Å². The summed E-state index contributed by atoms with van der Waals surface area (Å²) in [6, 6.07) is 0. The molecule has 0 saturated heterocycles. The van der Waals surface area contributed by atoms with E-state index < -0.39 is 36.6 Å². The Kier molecular flexibility index (Phi) is 23.4. The Morgan fingerprint density at radius 3 is 1.42 bits per heavy atom. The number of esters is 1. The Morgan fingerprint density at radius 1 is 0.558 bits per heavy atom. The zero-order valence-corrected chi connectivity index (χ0v) is 27.4. The molecule has 0 unspecified atom stereocenters. The SMILES string of the molecule is CCCCCCCCCCCC[C@@H](O)[C@@H](O)CC[C@@H](O)[C@H](O)CCCC[C@@H](O)CCCCC[C@H](O)CC1=C[C@H](C)OC1=O. The summed E-state index contributed by atoms with van der Waals surface area (Å²) < 4.78 is 5.05. The highest BCUT2D eigenvalue weighted by molar-refractivity contribution is 5.90. The van der Waals surface area contributed by atoms with E-state index in [-0.39, 0.29) is 24.9 Å². The molecule has 254 valence electrons. The topological polar surface area (TPSA) is 148 Å². The zero-order valence-electron chi connectivity index (χ0n) is 27.4. The zero-order chi connectivity index (χ0) is 31.9. The summed E-state index contributed by atoms with van der Waals surface area (Å²) in [5.41, 5.74) is 0.555. The number of unbranched alkanes of at least 4 members (excludes halogenated alkanes) is 12. The third kappa shape index (κ3) is 20.6. The Labute approximate surface area is 261 Å². The third-order valence-corrected chi connectivity index (χ3v) is 8.81. The first-order valence-corrected chi connectivity index (χ1v) is 17.6. The van der Waals surface area contributed by atoms with E-state index in [0.717, 1.165) is 38.5 Å². The Balaban J connectivity index is 1.99. The number of hydrogen-bond acceptors (Lipinski definition) is 8. The van der Waals surface area contributed by atoms with Gasteiger partial charge in [-0.2, -0.15) is 0 Å². The van der Waals surface area contributed by atoms with Gasteiger partial charge in [0.05, 0.1) is 36.6 Å². The van der Waals surface area contributed by atoms with Gasteiger partial charge in [0.15, 0.2) is 0 Å². The second kappa shape index (κ2) is 25.2. The van der Waals surface area contributed by atoms with E-state index in [9.17, 15) is 35.4 Å². The van der Waals surface area contributed by atoms with Crippen molar-refractivity contribution in [3.63, 3.8) is 0 Å². The molecule has 1 rings (SSSR count). The molecule has 1 heterocycles. The van der Waals surface area contributed by atoms with Gasteiger partial charge in [0.25, 0.3) is 0 Å². The molecule has 8 nitrogen and oxygen atoms in total. The maximum Gasteiger partial charge on any atom is 0.334 e. The van der Waals surface area contributed by atoms with Crippen LogP contribution in [0.5, 0.6) is 0 Å². The molecule has 0 aromatic heterocycles. The summed E-state index contributed by atoms with van der Waals surface area (Å²) in [6.07, 6.45) is 17.2. The molecule has 0 aliphatic carbocycles. The highest BCUT2D eigenvalue weighted by Crippen LogP contribution is 2.21. The molecule has 6 N–H and O–H groups in total. The molecule has 0 fully saturated rings. The van der Waals surface area contributed by atoms with Gasteiger partial charge in [0.1, 0.15) is 6.10 Å². The van der Waals surface area contributed by atoms with Crippen LogP contribution in [-0.2, 0) is 9.53 Å². The molecule has 1 aliphatic rings. The molecule has 0 bridgehead atoms. The monoisotopic (exact) mass is 614 g/mol. The van der Waals surface area contributed by atoms with Gasteiger partial charge in [0, 0.05) is 12.0 Å². The lowest BCUT2D eigenvalue weighted by molar-refractivity contribution is -0.139. The number of aliphatic hydroxyl groups is 6. The first-order chi connectivity index (χ1) is 20.6. The predicted molar refractivity (Wildman–Crippen MR) is 172 cm³/mol. The highest BCUT2D eigenvalue weighted by Gasteiger charge is 2.24. The minimum absolute atomic E-state index is 0.215. The molecule has 0 aromatic rings. The first kappa shape index (κ1) is 40.0. The van der Waals surface area contributed by atoms with Gasteiger partial charge >= 0.3 is 5.97 Å². The lowest BCUT2D eigenvalue weighted by Gasteiger charge is -2.22. The van der Waals surface area contributed by atoms with E-state index in [2.05, 4.69) is 6.92 Å². The van der Waals surface area contributed by atoms with E-state index in [0.29, 0.717) is 50.5 Å². The largest absolute Gasteiger partial charge is 0.455 e. The molecular formula is C35H66O8. The Bertz CT molecular complexity index is 714. The molecule has 7 atom stereocenters. The average molecular weight is 615 g/mol. The lowest BCUT2D eigenvalue weighted by Crippen LogP contribution is -2.31. The fourth-order valence-corrected chi connectivity index (χ4v) is 5.90. The van der Waals surface area contributed by atoms with Crippen LogP contribution in [0.4, 0.5) is 0 Å². The Morgan fingerprint density at radius 2 is 0.930 bits per heavy atom. The molecule has 0 spiro atoms. The summed E-state index contributed by atoms with van der Waals surface area (Å²) in [7, 11) is 0. The van der Waals surface area contributed by atoms with Crippen molar-refractivity contribution in [2.75, 3.05) is 0 Å². The van der Waals surface area contributed by atoms with Crippen LogP contribution in [0, 0.1) is 0 Å². The van der Waals surface area contributed by atoms with Crippen LogP contribution in [0.1, 0.15) is 162 Å². The molecule has 0 saturated carbocycles. The van der Waals surface area contributed by atoms with E-state index >= 15 is 0 Å². The number of aliphatic hydroxyl groups excluding tert-OH is 6. The fourth-order valence-electron chi connectivity index (χ4n) is 5.90. The molecule has 0 aromatic carbocycles. The van der Waals surface area contributed by atoms with E-state index in [1.807, 2.05) is 0 Å². The minimum Gasteiger partial charge on any atom is -0.455 e. The maximum absolute atomic E-state index is 11.6. The van der Waals surface area contributed by atoms with Gasteiger partial charge in [0.2, 0.25) is 0 Å². The third-order valence-electron chi connectivity index (χ3n) is 8.81. The summed E-state index contributed by atoms with van der Waals surface area (Å²) in [5, 5.41) is 61.5. The van der Waals surface area contributed by atoms with Crippen molar-refractivity contribution in [3.05, 3.63) is 11.6 Å². The quantitative estimate of drug-likeness (QED) is 0.0443. The molecular weight excluding hydrogens is 548 g/mol. The Hall–Kier alpha value is -1.03.